The zero-order chi connectivity index (χ0) is 27.6. The number of anilines is 1. The van der Waals surface area contributed by atoms with Crippen molar-refractivity contribution >= 4 is 34.3 Å². The van der Waals surface area contributed by atoms with Gasteiger partial charge in [0.15, 0.2) is 0 Å². The van der Waals surface area contributed by atoms with Crippen molar-refractivity contribution in [3.63, 3.8) is 0 Å². The quantitative estimate of drug-likeness (QED) is 0.262. The minimum atomic E-state index is -1.01. The van der Waals surface area contributed by atoms with Crippen LogP contribution in [-0.4, -0.2) is 52.1 Å². The third kappa shape index (κ3) is 5.60. The number of aromatic nitrogens is 2. The molecule has 2 aliphatic heterocycles. The Hall–Kier alpha value is -3.55. The molecule has 1 unspecified atom stereocenters. The molecular weight excluding hydrogens is 512 g/mol. The first kappa shape index (κ1) is 27.0. The van der Waals surface area contributed by atoms with Gasteiger partial charge in [0.05, 0.1) is 6.20 Å². The summed E-state index contributed by atoms with van der Waals surface area (Å²) in [4.78, 5) is 24.2. The summed E-state index contributed by atoms with van der Waals surface area (Å²) in [5, 5.41) is 11.4. The second-order valence-corrected chi connectivity index (χ2v) is 10.7. The minimum absolute atomic E-state index is 0.136. The molecule has 2 N–H and O–H groups in total. The van der Waals surface area contributed by atoms with Gasteiger partial charge in [0.1, 0.15) is 22.7 Å². The lowest BCUT2D eigenvalue weighted by Crippen LogP contribution is -2.60. The second kappa shape index (κ2) is 11.3. The van der Waals surface area contributed by atoms with E-state index < -0.39 is 5.97 Å². The number of fused-ring (bicyclic) bond motifs is 1. The number of nitrogens with zero attached hydrogens (tertiary/aromatic N) is 3. The number of likely N-dealkylation sites (tertiary alicyclic amines) is 1. The van der Waals surface area contributed by atoms with Crippen LogP contribution in [0.3, 0.4) is 0 Å². The van der Waals surface area contributed by atoms with Gasteiger partial charge < -0.3 is 19.7 Å². The predicted octanol–water partition coefficient (Wildman–Crippen LogP) is 7.40. The average molecular weight is 547 g/mol. The summed E-state index contributed by atoms with van der Waals surface area (Å²) < 4.78 is 6.04. The molecule has 2 aromatic carbocycles. The average Bonchev–Trinajstić information content (AvgIpc) is 3.41. The number of benzene rings is 2. The molecule has 0 saturated carbocycles. The number of aromatic carboxylic acids is 1. The number of aromatic amines is 1. The Labute approximate surface area is 234 Å². The number of carbonyl (C=O) groups is 1. The van der Waals surface area contributed by atoms with Gasteiger partial charge >= 0.3 is 5.97 Å². The molecule has 2 saturated heterocycles. The van der Waals surface area contributed by atoms with Crippen LogP contribution < -0.4 is 9.64 Å². The first-order chi connectivity index (χ1) is 18.9. The molecule has 1 atom stereocenters. The fourth-order valence-electron chi connectivity index (χ4n) is 5.67. The lowest BCUT2D eigenvalue weighted by atomic mass is 9.71. The minimum Gasteiger partial charge on any atom is -0.478 e. The summed E-state index contributed by atoms with van der Waals surface area (Å²) in [6.45, 7) is 10.3. The van der Waals surface area contributed by atoms with E-state index in [1.165, 1.54) is 5.56 Å². The number of nitrogens with one attached hydrogen (secondary N) is 1. The van der Waals surface area contributed by atoms with Crippen LogP contribution in [0.15, 0.2) is 67.0 Å². The zero-order valence-corrected chi connectivity index (χ0v) is 23.4. The van der Waals surface area contributed by atoms with Gasteiger partial charge in [-0.1, -0.05) is 37.6 Å². The topological polar surface area (TPSA) is 81.7 Å². The summed E-state index contributed by atoms with van der Waals surface area (Å²) >= 11 is 6.06. The van der Waals surface area contributed by atoms with Gasteiger partial charge in [0, 0.05) is 60.6 Å². The maximum atomic E-state index is 11.9. The van der Waals surface area contributed by atoms with Crippen LogP contribution in [0.1, 0.15) is 55.6 Å². The maximum Gasteiger partial charge on any atom is 0.339 e. The fourth-order valence-corrected chi connectivity index (χ4v) is 5.79. The number of piperidine rings is 1. The van der Waals surface area contributed by atoms with Crippen molar-refractivity contribution in [3.8, 4) is 11.5 Å². The highest BCUT2D eigenvalue weighted by molar-refractivity contribution is 6.30. The number of carboxylic acid groups (broad SMARTS) is 1. The van der Waals surface area contributed by atoms with E-state index in [1.807, 2.05) is 56.4 Å². The van der Waals surface area contributed by atoms with Crippen molar-refractivity contribution in [2.75, 3.05) is 31.1 Å². The van der Waals surface area contributed by atoms with Crippen LogP contribution >= 0.6 is 11.6 Å². The molecule has 4 heterocycles. The number of ether oxygens (including phenoxy) is 1. The van der Waals surface area contributed by atoms with E-state index in [9.17, 15) is 9.90 Å². The highest BCUT2D eigenvalue weighted by Crippen LogP contribution is 2.45. The molecule has 2 aromatic heterocycles. The molecule has 0 radical (unpaired) electrons. The van der Waals surface area contributed by atoms with Crippen LogP contribution in [0, 0.1) is 5.41 Å². The molecule has 4 aromatic rings. The van der Waals surface area contributed by atoms with Crippen LogP contribution in [0.2, 0.25) is 5.02 Å². The normalized spacial score (nSPS) is 17.3. The summed E-state index contributed by atoms with van der Waals surface area (Å²) in [7, 11) is 0. The Bertz CT molecular complexity index is 1440. The Morgan fingerprint density at radius 1 is 1.08 bits per heavy atom. The smallest absolute Gasteiger partial charge is 0.339 e. The first-order valence-corrected chi connectivity index (χ1v) is 14.0. The molecule has 204 valence electrons. The van der Waals surface area contributed by atoms with Crippen LogP contribution in [-0.2, 0) is 0 Å². The Morgan fingerprint density at radius 2 is 1.79 bits per heavy atom. The Kier molecular flexibility index (Phi) is 7.82. The van der Waals surface area contributed by atoms with E-state index in [1.54, 1.807) is 12.3 Å². The van der Waals surface area contributed by atoms with E-state index in [0.717, 1.165) is 60.8 Å². The molecule has 0 amide bonds. The molecule has 8 heteroatoms. The molecule has 1 spiro atoms. The SMILES string of the molecule is CC.CC(c1ccc(Cl)cc1)N1CC2(CCN(c3ccc(C(=O)O)c(Oc4cnc5[nH]ccc5c4)c3)CC2)C1. The number of hydrogen-bond donors (Lipinski definition) is 2. The molecular formula is C31H35ClN4O3. The summed E-state index contributed by atoms with van der Waals surface area (Å²) in [5.41, 5.74) is 3.54. The van der Waals surface area contributed by atoms with E-state index >= 15 is 0 Å². The summed E-state index contributed by atoms with van der Waals surface area (Å²) in [6, 6.07) is 17.7. The van der Waals surface area contributed by atoms with Gasteiger partial charge in [0.2, 0.25) is 0 Å². The van der Waals surface area contributed by atoms with Gasteiger partial charge in [-0.2, -0.15) is 0 Å². The molecule has 7 nitrogen and oxygen atoms in total. The summed E-state index contributed by atoms with van der Waals surface area (Å²) in [6.07, 6.45) is 5.65. The van der Waals surface area contributed by atoms with Gasteiger partial charge in [-0.05, 0) is 67.1 Å². The lowest BCUT2D eigenvalue weighted by Gasteiger charge is -2.56. The zero-order valence-electron chi connectivity index (χ0n) is 22.7. The van der Waals surface area contributed by atoms with Crippen molar-refractivity contribution in [2.24, 2.45) is 5.41 Å². The molecule has 0 bridgehead atoms. The highest BCUT2D eigenvalue weighted by Gasteiger charge is 2.46. The van der Waals surface area contributed by atoms with Crippen molar-refractivity contribution in [3.05, 3.63) is 83.1 Å². The third-order valence-corrected chi connectivity index (χ3v) is 8.22. The molecule has 2 fully saturated rings. The number of pyridine rings is 1. The molecule has 0 aliphatic carbocycles. The number of H-pyrrole nitrogens is 1. The van der Waals surface area contributed by atoms with Crippen molar-refractivity contribution < 1.29 is 14.6 Å². The standard InChI is InChI=1S/C29H29ClN4O3.C2H6/c1-19(20-2-4-22(30)5-3-20)34-17-29(18-34)9-12-33(13-10-29)23-6-7-25(28(35)36)26(15-23)37-24-14-21-8-11-31-27(21)32-16-24;1-2/h2-8,11,14-16,19H,9-10,12-13,17-18H2,1H3,(H,31,32)(H,35,36);1-2H3. The number of halogens is 1. The van der Waals surface area contributed by atoms with Gasteiger partial charge in [-0.15, -0.1) is 0 Å². The maximum absolute atomic E-state index is 11.9. The lowest BCUT2D eigenvalue weighted by molar-refractivity contribution is -0.0435. The van der Waals surface area contributed by atoms with Crippen molar-refractivity contribution in [1.29, 1.82) is 0 Å². The Morgan fingerprint density at radius 3 is 2.49 bits per heavy atom. The van der Waals surface area contributed by atoms with Crippen LogP contribution in [0.5, 0.6) is 11.5 Å². The second-order valence-electron chi connectivity index (χ2n) is 10.3. The highest BCUT2D eigenvalue weighted by atomic mass is 35.5. The van der Waals surface area contributed by atoms with E-state index in [2.05, 4.69) is 38.8 Å². The molecule has 2 aliphatic rings. The largest absolute Gasteiger partial charge is 0.478 e. The Balaban J connectivity index is 0.00000151. The van der Waals surface area contributed by atoms with E-state index in [0.29, 0.717) is 23.0 Å². The number of hydrogen-bond acceptors (Lipinski definition) is 5. The third-order valence-electron chi connectivity index (χ3n) is 7.96. The number of carboxylic acids is 1. The summed E-state index contributed by atoms with van der Waals surface area (Å²) in [5.74, 6) is -0.179. The predicted molar refractivity (Wildman–Crippen MR) is 156 cm³/mol. The van der Waals surface area contributed by atoms with Gasteiger partial charge in [0.25, 0.3) is 0 Å². The van der Waals surface area contributed by atoms with Gasteiger partial charge in [-0.25, -0.2) is 9.78 Å². The molecule has 6 rings (SSSR count). The van der Waals surface area contributed by atoms with Crippen molar-refractivity contribution in [2.45, 2.75) is 39.7 Å². The van der Waals surface area contributed by atoms with Gasteiger partial charge in [-0.3, -0.25) is 4.90 Å². The van der Waals surface area contributed by atoms with Crippen molar-refractivity contribution in [1.82, 2.24) is 14.9 Å². The van der Waals surface area contributed by atoms with E-state index in [-0.39, 0.29) is 5.56 Å². The molecule has 39 heavy (non-hydrogen) atoms. The van der Waals surface area contributed by atoms with Crippen LogP contribution in [0.25, 0.3) is 11.0 Å². The monoisotopic (exact) mass is 546 g/mol. The fraction of sp³-hybridized carbons (Fsp3) is 0.355. The number of rotatable bonds is 6. The first-order valence-electron chi connectivity index (χ1n) is 13.6. The van der Waals surface area contributed by atoms with E-state index in [4.69, 9.17) is 16.3 Å². The van der Waals surface area contributed by atoms with Crippen LogP contribution in [0.4, 0.5) is 5.69 Å².